The second-order valence-corrected chi connectivity index (χ2v) is 4.09. The summed E-state index contributed by atoms with van der Waals surface area (Å²) in [5, 5.41) is 0. The molecular formula is C13H23N3O3. The molecule has 0 saturated carbocycles. The minimum atomic E-state index is -0.116. The second kappa shape index (κ2) is 9.69. The molecule has 1 unspecified atom stereocenters. The molecule has 0 aliphatic heterocycles. The summed E-state index contributed by atoms with van der Waals surface area (Å²) in [6.45, 7) is 4.30. The molecule has 3 N–H and O–H groups in total. The van der Waals surface area contributed by atoms with Crippen LogP contribution in [0.25, 0.3) is 0 Å². The Morgan fingerprint density at radius 2 is 2.16 bits per heavy atom. The summed E-state index contributed by atoms with van der Waals surface area (Å²) >= 11 is 0. The number of hydrogen-bond donors (Lipinski definition) is 2. The number of aromatic nitrogens is 1. The van der Waals surface area contributed by atoms with Gasteiger partial charge in [0.2, 0.25) is 0 Å². The summed E-state index contributed by atoms with van der Waals surface area (Å²) in [5.74, 6) is 6.29. The van der Waals surface area contributed by atoms with Crippen molar-refractivity contribution in [1.82, 2.24) is 10.4 Å². The summed E-state index contributed by atoms with van der Waals surface area (Å²) in [4.78, 5) is 4.15. The normalized spacial score (nSPS) is 12.4. The Morgan fingerprint density at radius 1 is 1.32 bits per heavy atom. The first kappa shape index (κ1) is 15.8. The summed E-state index contributed by atoms with van der Waals surface area (Å²) in [5.41, 5.74) is 3.66. The number of methoxy groups -OCH3 is 1. The van der Waals surface area contributed by atoms with E-state index in [9.17, 15) is 0 Å². The summed E-state index contributed by atoms with van der Waals surface area (Å²) in [7, 11) is 1.64. The van der Waals surface area contributed by atoms with Crippen molar-refractivity contribution in [3.8, 4) is 5.75 Å². The van der Waals surface area contributed by atoms with E-state index in [2.05, 4.69) is 17.3 Å². The molecule has 0 radical (unpaired) electrons. The van der Waals surface area contributed by atoms with E-state index in [1.165, 1.54) is 0 Å². The van der Waals surface area contributed by atoms with Crippen LogP contribution in [0.1, 0.15) is 24.9 Å². The molecule has 108 valence electrons. The van der Waals surface area contributed by atoms with Gasteiger partial charge in [0.25, 0.3) is 0 Å². The van der Waals surface area contributed by atoms with Crippen molar-refractivity contribution in [3.63, 3.8) is 0 Å². The smallest absolute Gasteiger partial charge is 0.137 e. The van der Waals surface area contributed by atoms with Crippen molar-refractivity contribution in [2.75, 3.05) is 33.5 Å². The lowest BCUT2D eigenvalue weighted by Gasteiger charge is -2.17. The molecule has 0 spiro atoms. The zero-order chi connectivity index (χ0) is 13.9. The lowest BCUT2D eigenvalue weighted by molar-refractivity contribution is 0.0585. The minimum Gasteiger partial charge on any atom is -0.492 e. The van der Waals surface area contributed by atoms with Crippen molar-refractivity contribution in [2.45, 2.75) is 19.4 Å². The van der Waals surface area contributed by atoms with Gasteiger partial charge in [-0.2, -0.15) is 0 Å². The van der Waals surface area contributed by atoms with Crippen molar-refractivity contribution in [3.05, 3.63) is 24.0 Å². The van der Waals surface area contributed by atoms with Gasteiger partial charge < -0.3 is 14.2 Å². The van der Waals surface area contributed by atoms with Crippen LogP contribution in [-0.2, 0) is 9.47 Å². The number of pyridine rings is 1. The number of nitrogens with one attached hydrogen (secondary N) is 1. The van der Waals surface area contributed by atoms with E-state index < -0.39 is 0 Å². The molecule has 1 aromatic rings. The Balaban J connectivity index is 2.54. The topological polar surface area (TPSA) is 78.6 Å². The Hall–Kier alpha value is -1.21. The number of nitrogens with zero attached hydrogens (tertiary/aromatic N) is 1. The fourth-order valence-corrected chi connectivity index (χ4v) is 1.51. The zero-order valence-corrected chi connectivity index (χ0v) is 11.6. The van der Waals surface area contributed by atoms with E-state index in [1.807, 2.05) is 6.07 Å². The van der Waals surface area contributed by atoms with E-state index in [-0.39, 0.29) is 6.04 Å². The predicted octanol–water partition coefficient (Wildman–Crippen LogP) is 1.04. The maximum atomic E-state index is 5.54. The molecular weight excluding hydrogens is 246 g/mol. The zero-order valence-electron chi connectivity index (χ0n) is 11.6. The molecule has 1 rings (SSSR count). The molecule has 19 heavy (non-hydrogen) atoms. The average Bonchev–Trinajstić information content (AvgIpc) is 2.45. The van der Waals surface area contributed by atoms with E-state index in [1.54, 1.807) is 19.5 Å². The van der Waals surface area contributed by atoms with Crippen LogP contribution >= 0.6 is 0 Å². The lowest BCUT2D eigenvalue weighted by Crippen LogP contribution is -2.31. The Labute approximate surface area is 114 Å². The maximum absolute atomic E-state index is 5.54. The highest BCUT2D eigenvalue weighted by molar-refractivity contribution is 5.26. The van der Waals surface area contributed by atoms with Gasteiger partial charge >= 0.3 is 0 Å². The molecule has 6 heteroatoms. The third-order valence-electron chi connectivity index (χ3n) is 2.53. The number of nitrogens with two attached hydrogens (primary N) is 1. The highest BCUT2D eigenvalue weighted by Gasteiger charge is 2.11. The lowest BCUT2D eigenvalue weighted by atomic mass is 10.1. The molecule has 1 aromatic heterocycles. The first-order valence-corrected chi connectivity index (χ1v) is 6.42. The molecule has 0 aromatic carbocycles. The standard InChI is InChI=1S/C13H23N3O3/c1-3-4-19-12-7-11(8-15-9-12)13(16-14)10-18-6-5-17-2/h7-9,13,16H,3-6,10,14H2,1-2H3. The van der Waals surface area contributed by atoms with Gasteiger partial charge in [0, 0.05) is 13.3 Å². The Bertz CT molecular complexity index is 350. The Morgan fingerprint density at radius 3 is 2.84 bits per heavy atom. The van der Waals surface area contributed by atoms with Crippen LogP contribution < -0.4 is 16.0 Å². The number of hydrazine groups is 1. The van der Waals surface area contributed by atoms with Crippen molar-refractivity contribution in [1.29, 1.82) is 0 Å². The highest BCUT2D eigenvalue weighted by Crippen LogP contribution is 2.17. The molecule has 0 aliphatic rings. The fraction of sp³-hybridized carbons (Fsp3) is 0.615. The fourth-order valence-electron chi connectivity index (χ4n) is 1.51. The van der Waals surface area contributed by atoms with Crippen LogP contribution in [-0.4, -0.2) is 38.5 Å². The van der Waals surface area contributed by atoms with Crippen LogP contribution in [0.3, 0.4) is 0 Å². The third kappa shape index (κ3) is 5.98. The molecule has 1 atom stereocenters. The molecule has 1 heterocycles. The van der Waals surface area contributed by atoms with Crippen LogP contribution in [0.5, 0.6) is 5.75 Å². The third-order valence-corrected chi connectivity index (χ3v) is 2.53. The molecule has 0 saturated heterocycles. The van der Waals surface area contributed by atoms with Crippen LogP contribution in [0.15, 0.2) is 18.5 Å². The van der Waals surface area contributed by atoms with Crippen molar-refractivity contribution in [2.24, 2.45) is 5.84 Å². The summed E-state index contributed by atoms with van der Waals surface area (Å²) < 4.78 is 15.9. The minimum absolute atomic E-state index is 0.116. The number of rotatable bonds is 10. The molecule has 0 fully saturated rings. The quantitative estimate of drug-likeness (QED) is 0.375. The SMILES string of the molecule is CCCOc1cncc(C(COCCOC)NN)c1. The van der Waals surface area contributed by atoms with E-state index >= 15 is 0 Å². The van der Waals surface area contributed by atoms with Gasteiger partial charge in [0.15, 0.2) is 0 Å². The highest BCUT2D eigenvalue weighted by atomic mass is 16.5. The van der Waals surface area contributed by atoms with E-state index in [0.29, 0.717) is 26.4 Å². The maximum Gasteiger partial charge on any atom is 0.137 e. The van der Waals surface area contributed by atoms with Gasteiger partial charge in [-0.25, -0.2) is 0 Å². The van der Waals surface area contributed by atoms with Crippen LogP contribution in [0.2, 0.25) is 0 Å². The van der Waals surface area contributed by atoms with Crippen molar-refractivity contribution >= 4 is 0 Å². The van der Waals surface area contributed by atoms with Crippen LogP contribution in [0.4, 0.5) is 0 Å². The van der Waals surface area contributed by atoms with Gasteiger partial charge in [-0.3, -0.25) is 16.3 Å². The molecule has 0 amide bonds. The first-order valence-electron chi connectivity index (χ1n) is 6.42. The number of ether oxygens (including phenoxy) is 3. The van der Waals surface area contributed by atoms with Gasteiger partial charge in [0.1, 0.15) is 5.75 Å². The van der Waals surface area contributed by atoms with E-state index in [4.69, 9.17) is 20.1 Å². The first-order chi connectivity index (χ1) is 9.31. The van der Waals surface area contributed by atoms with Gasteiger partial charge in [0.05, 0.1) is 38.7 Å². The van der Waals surface area contributed by atoms with Gasteiger partial charge in [-0.1, -0.05) is 6.92 Å². The Kier molecular flexibility index (Phi) is 8.08. The second-order valence-electron chi connectivity index (χ2n) is 4.09. The monoisotopic (exact) mass is 269 g/mol. The van der Waals surface area contributed by atoms with Gasteiger partial charge in [-0.15, -0.1) is 0 Å². The summed E-state index contributed by atoms with van der Waals surface area (Å²) in [6.07, 6.45) is 4.41. The van der Waals surface area contributed by atoms with Crippen molar-refractivity contribution < 1.29 is 14.2 Å². The summed E-state index contributed by atoms with van der Waals surface area (Å²) in [6, 6.07) is 1.81. The van der Waals surface area contributed by atoms with Crippen LogP contribution in [0, 0.1) is 0 Å². The largest absolute Gasteiger partial charge is 0.492 e. The number of hydrogen-bond acceptors (Lipinski definition) is 6. The predicted molar refractivity (Wildman–Crippen MR) is 72.8 cm³/mol. The molecule has 0 bridgehead atoms. The van der Waals surface area contributed by atoms with E-state index in [0.717, 1.165) is 17.7 Å². The van der Waals surface area contributed by atoms with Gasteiger partial charge in [-0.05, 0) is 18.1 Å². The molecule has 6 nitrogen and oxygen atoms in total. The molecule has 0 aliphatic carbocycles. The average molecular weight is 269 g/mol.